The zero-order chi connectivity index (χ0) is 9.14. The van der Waals surface area contributed by atoms with E-state index in [0.29, 0.717) is 13.0 Å². The van der Waals surface area contributed by atoms with E-state index in [2.05, 4.69) is 6.58 Å². The summed E-state index contributed by atoms with van der Waals surface area (Å²) in [6.07, 6.45) is 2.27. The summed E-state index contributed by atoms with van der Waals surface area (Å²) in [5, 5.41) is 0. The van der Waals surface area contributed by atoms with Crippen LogP contribution in [-0.2, 0) is 9.59 Å². The molecule has 0 aromatic carbocycles. The number of ketones is 1. The second kappa shape index (κ2) is 3.52. The number of likely N-dealkylation sites (tertiary alicyclic amines) is 1. The highest BCUT2D eigenvalue weighted by Gasteiger charge is 2.25. The third kappa shape index (κ3) is 1.72. The molecule has 1 amide bonds. The van der Waals surface area contributed by atoms with Gasteiger partial charge in [-0.15, -0.1) is 6.58 Å². The molecule has 0 spiro atoms. The number of hydrogen-bond acceptors (Lipinski definition) is 2. The first-order valence-corrected chi connectivity index (χ1v) is 4.09. The number of piperidine rings is 1. The minimum absolute atomic E-state index is 0.0469. The van der Waals surface area contributed by atoms with Crippen LogP contribution in [-0.4, -0.2) is 29.2 Å². The molecular weight excluding hydrogens is 154 g/mol. The highest BCUT2D eigenvalue weighted by atomic mass is 16.2. The second-order valence-electron chi connectivity index (χ2n) is 3.03. The molecule has 1 aliphatic rings. The molecule has 0 saturated carbocycles. The van der Waals surface area contributed by atoms with Crippen molar-refractivity contribution in [3.05, 3.63) is 12.7 Å². The monoisotopic (exact) mass is 167 g/mol. The maximum absolute atomic E-state index is 11.3. The van der Waals surface area contributed by atoms with E-state index in [1.165, 1.54) is 0 Å². The number of amides is 1. The van der Waals surface area contributed by atoms with Gasteiger partial charge in [0, 0.05) is 19.0 Å². The molecule has 0 aromatic rings. The van der Waals surface area contributed by atoms with E-state index in [-0.39, 0.29) is 24.2 Å². The number of rotatable bonds is 2. The van der Waals surface area contributed by atoms with Crippen LogP contribution in [0, 0.1) is 0 Å². The van der Waals surface area contributed by atoms with Gasteiger partial charge < -0.3 is 4.90 Å². The molecule has 1 rings (SSSR count). The fraction of sp³-hybridized carbons (Fsp3) is 0.556. The lowest BCUT2D eigenvalue weighted by atomic mass is 10.1. The summed E-state index contributed by atoms with van der Waals surface area (Å²) >= 11 is 0. The van der Waals surface area contributed by atoms with Gasteiger partial charge in [0.25, 0.3) is 0 Å². The highest BCUT2D eigenvalue weighted by molar-refractivity contribution is 6.00. The SMILES string of the molecule is C=CC(C)N1CCC(=O)CC1=O. The number of carbonyl (C=O) groups excluding carboxylic acids is 2. The minimum atomic E-state index is -0.0707. The van der Waals surface area contributed by atoms with Crippen molar-refractivity contribution in [3.63, 3.8) is 0 Å². The van der Waals surface area contributed by atoms with Crippen molar-refractivity contribution in [2.45, 2.75) is 25.8 Å². The van der Waals surface area contributed by atoms with Gasteiger partial charge in [0.05, 0.1) is 6.42 Å². The normalized spacial score (nSPS) is 20.9. The maximum atomic E-state index is 11.3. The average molecular weight is 167 g/mol. The summed E-state index contributed by atoms with van der Waals surface area (Å²) in [5.74, 6) is -0.0221. The van der Waals surface area contributed by atoms with Gasteiger partial charge in [-0.1, -0.05) is 6.08 Å². The third-order valence-corrected chi connectivity index (χ3v) is 2.13. The molecule has 66 valence electrons. The van der Waals surface area contributed by atoms with Crippen LogP contribution in [0.15, 0.2) is 12.7 Å². The Bertz CT molecular complexity index is 223. The van der Waals surface area contributed by atoms with E-state index in [1.54, 1.807) is 11.0 Å². The van der Waals surface area contributed by atoms with Crippen LogP contribution in [0.1, 0.15) is 19.8 Å². The minimum Gasteiger partial charge on any atom is -0.336 e. The summed E-state index contributed by atoms with van der Waals surface area (Å²) in [7, 11) is 0. The lowest BCUT2D eigenvalue weighted by Crippen LogP contribution is -2.43. The number of hydrogen-bond donors (Lipinski definition) is 0. The van der Waals surface area contributed by atoms with Gasteiger partial charge in [0.2, 0.25) is 5.91 Å². The first-order chi connectivity index (χ1) is 5.65. The molecular formula is C9H13NO2. The Hall–Kier alpha value is -1.12. The molecule has 0 bridgehead atoms. The van der Waals surface area contributed by atoms with Crippen molar-refractivity contribution in [1.29, 1.82) is 0 Å². The van der Waals surface area contributed by atoms with Crippen molar-refractivity contribution in [1.82, 2.24) is 4.90 Å². The molecule has 3 nitrogen and oxygen atoms in total. The van der Waals surface area contributed by atoms with E-state index >= 15 is 0 Å². The molecule has 0 N–H and O–H groups in total. The average Bonchev–Trinajstić information content (AvgIpc) is 2.03. The molecule has 1 heterocycles. The second-order valence-corrected chi connectivity index (χ2v) is 3.03. The predicted octanol–water partition coefficient (Wildman–Crippen LogP) is 0.752. The van der Waals surface area contributed by atoms with E-state index in [4.69, 9.17) is 0 Å². The van der Waals surface area contributed by atoms with Crippen LogP contribution in [0.3, 0.4) is 0 Å². The molecule has 1 atom stereocenters. The van der Waals surface area contributed by atoms with Crippen LogP contribution >= 0.6 is 0 Å². The van der Waals surface area contributed by atoms with E-state index < -0.39 is 0 Å². The van der Waals surface area contributed by atoms with Gasteiger partial charge in [-0.25, -0.2) is 0 Å². The van der Waals surface area contributed by atoms with Crippen LogP contribution < -0.4 is 0 Å². The van der Waals surface area contributed by atoms with Crippen molar-refractivity contribution < 1.29 is 9.59 Å². The quantitative estimate of drug-likeness (QED) is 0.449. The molecule has 1 fully saturated rings. The third-order valence-electron chi connectivity index (χ3n) is 2.13. The molecule has 1 unspecified atom stereocenters. The standard InChI is InChI=1S/C9H13NO2/c1-3-7(2)10-5-4-8(11)6-9(10)12/h3,7H,1,4-6H2,2H3. The van der Waals surface area contributed by atoms with Crippen molar-refractivity contribution in [2.24, 2.45) is 0 Å². The molecule has 0 aliphatic carbocycles. The van der Waals surface area contributed by atoms with Crippen molar-refractivity contribution >= 4 is 11.7 Å². The molecule has 12 heavy (non-hydrogen) atoms. The molecule has 0 aromatic heterocycles. The number of carbonyl (C=O) groups is 2. The zero-order valence-electron chi connectivity index (χ0n) is 7.25. The van der Waals surface area contributed by atoms with Gasteiger partial charge in [-0.2, -0.15) is 0 Å². The van der Waals surface area contributed by atoms with E-state index in [9.17, 15) is 9.59 Å². The Morgan fingerprint density at radius 1 is 1.58 bits per heavy atom. The van der Waals surface area contributed by atoms with Gasteiger partial charge in [0.15, 0.2) is 0 Å². The van der Waals surface area contributed by atoms with Crippen LogP contribution in [0.25, 0.3) is 0 Å². The van der Waals surface area contributed by atoms with Crippen molar-refractivity contribution in [3.8, 4) is 0 Å². The predicted molar refractivity (Wildman–Crippen MR) is 45.6 cm³/mol. The summed E-state index contributed by atoms with van der Waals surface area (Å²) in [6, 6.07) is 0.0469. The van der Waals surface area contributed by atoms with Gasteiger partial charge >= 0.3 is 0 Å². The molecule has 3 heteroatoms. The fourth-order valence-corrected chi connectivity index (χ4v) is 1.29. The highest BCUT2D eigenvalue weighted by Crippen LogP contribution is 2.11. The van der Waals surface area contributed by atoms with Crippen molar-refractivity contribution in [2.75, 3.05) is 6.54 Å². The van der Waals surface area contributed by atoms with Gasteiger partial charge in [0.1, 0.15) is 5.78 Å². The molecule has 1 saturated heterocycles. The summed E-state index contributed by atoms with van der Waals surface area (Å²) < 4.78 is 0. The smallest absolute Gasteiger partial charge is 0.230 e. The van der Waals surface area contributed by atoms with E-state index in [1.807, 2.05) is 6.92 Å². The zero-order valence-corrected chi connectivity index (χ0v) is 7.25. The first-order valence-electron chi connectivity index (χ1n) is 4.09. The molecule has 0 radical (unpaired) electrons. The Morgan fingerprint density at radius 2 is 2.25 bits per heavy atom. The first kappa shape index (κ1) is 8.97. The Labute approximate surface area is 72.0 Å². The Kier molecular flexibility index (Phi) is 2.63. The summed E-state index contributed by atoms with van der Waals surface area (Å²) in [6.45, 7) is 6.06. The fourth-order valence-electron chi connectivity index (χ4n) is 1.29. The number of Topliss-reactive ketones (excluding diaryl/α,β-unsaturated/α-hetero) is 1. The summed E-state index contributed by atoms with van der Waals surface area (Å²) in [4.78, 5) is 23.8. The van der Waals surface area contributed by atoms with Crippen LogP contribution in [0.5, 0.6) is 0 Å². The topological polar surface area (TPSA) is 37.4 Å². The lowest BCUT2D eigenvalue weighted by Gasteiger charge is -2.29. The Morgan fingerprint density at radius 3 is 2.75 bits per heavy atom. The van der Waals surface area contributed by atoms with Crippen LogP contribution in [0.2, 0.25) is 0 Å². The Balaban J connectivity index is 2.62. The maximum Gasteiger partial charge on any atom is 0.230 e. The molecule has 1 aliphatic heterocycles. The van der Waals surface area contributed by atoms with E-state index in [0.717, 1.165) is 0 Å². The van der Waals surface area contributed by atoms with Crippen LogP contribution in [0.4, 0.5) is 0 Å². The largest absolute Gasteiger partial charge is 0.336 e. The van der Waals surface area contributed by atoms with Gasteiger partial charge in [-0.3, -0.25) is 9.59 Å². The van der Waals surface area contributed by atoms with Gasteiger partial charge in [-0.05, 0) is 6.92 Å². The lowest BCUT2D eigenvalue weighted by molar-refractivity contribution is -0.140. The summed E-state index contributed by atoms with van der Waals surface area (Å²) in [5.41, 5.74) is 0. The number of nitrogens with zero attached hydrogens (tertiary/aromatic N) is 1.